The lowest BCUT2D eigenvalue weighted by molar-refractivity contribution is -0.190. The van der Waals surface area contributed by atoms with E-state index in [1.54, 1.807) is 14.2 Å². The van der Waals surface area contributed by atoms with Crippen LogP contribution in [0.25, 0.3) is 0 Å². The van der Waals surface area contributed by atoms with Crippen LogP contribution in [0.4, 0.5) is 0 Å². The van der Waals surface area contributed by atoms with Crippen LogP contribution in [0.5, 0.6) is 34.5 Å². The number of hydrogen-bond acceptors (Lipinski definition) is 10. The Hall–Kier alpha value is -4.48. The van der Waals surface area contributed by atoms with E-state index in [0.29, 0.717) is 43.7 Å². The van der Waals surface area contributed by atoms with Gasteiger partial charge in [-0.3, -0.25) is 0 Å². The fourth-order valence-corrected chi connectivity index (χ4v) is 12.8. The van der Waals surface area contributed by atoms with Crippen molar-refractivity contribution >= 4 is 0 Å². The van der Waals surface area contributed by atoms with Crippen LogP contribution < -0.4 is 28.4 Å². The van der Waals surface area contributed by atoms with Crippen molar-refractivity contribution in [2.24, 2.45) is 23.7 Å². The fourth-order valence-electron chi connectivity index (χ4n) is 12.8. The van der Waals surface area contributed by atoms with Gasteiger partial charge in [0.1, 0.15) is 11.5 Å². The second-order valence-corrected chi connectivity index (χ2v) is 24.7. The Morgan fingerprint density at radius 3 is 1.12 bits per heavy atom. The zero-order valence-corrected chi connectivity index (χ0v) is 55.0. The molecule has 5 aliphatic rings. The van der Waals surface area contributed by atoms with Gasteiger partial charge in [-0.25, -0.2) is 0 Å². The van der Waals surface area contributed by atoms with Crippen LogP contribution in [0, 0.1) is 37.5 Å². The summed E-state index contributed by atoms with van der Waals surface area (Å²) in [6.07, 6.45) is 20.1. The van der Waals surface area contributed by atoms with Gasteiger partial charge >= 0.3 is 0 Å². The van der Waals surface area contributed by atoms with Crippen LogP contribution in [0.3, 0.4) is 0 Å². The molecule has 530 valence electrons. The maximum absolute atomic E-state index is 6.37. The topological polar surface area (TPSA) is 92.3 Å². The molecule has 4 bridgehead atoms. The molecule has 5 fully saturated rings. The van der Waals surface area contributed by atoms with E-state index in [1.807, 2.05) is 58.9 Å². The van der Waals surface area contributed by atoms with Crippen molar-refractivity contribution in [3.63, 3.8) is 0 Å². The van der Waals surface area contributed by atoms with E-state index in [4.69, 9.17) is 47.4 Å². The third-order valence-electron chi connectivity index (χ3n) is 18.3. The Morgan fingerprint density at radius 1 is 0.418 bits per heavy atom. The van der Waals surface area contributed by atoms with Gasteiger partial charge in [-0.05, 0) is 236 Å². The highest BCUT2D eigenvalue weighted by molar-refractivity contribution is 5.45. The first-order valence-electron chi connectivity index (χ1n) is 32.6. The number of aryl methyl sites for hydroxylation is 2. The monoisotopic (exact) mass is 1280 g/mol. The van der Waals surface area contributed by atoms with Crippen molar-refractivity contribution in [1.82, 2.24) is 0 Å². The third-order valence-corrected chi connectivity index (χ3v) is 18.3. The van der Waals surface area contributed by atoms with E-state index < -0.39 is 0 Å². The number of hydrogen-bond donors (Lipinski definition) is 0. The largest absolute Gasteiger partial charge is 0.493 e. The van der Waals surface area contributed by atoms with Crippen LogP contribution in [-0.2, 0) is 18.9 Å². The van der Waals surface area contributed by atoms with Crippen molar-refractivity contribution in [3.05, 3.63) is 106 Å². The van der Waals surface area contributed by atoms with Crippen molar-refractivity contribution in [2.45, 2.75) is 314 Å². The van der Waals surface area contributed by atoms with Gasteiger partial charge in [-0.1, -0.05) is 183 Å². The minimum atomic E-state index is -0.265. The molecule has 0 N–H and O–H groups in total. The molecule has 0 aliphatic heterocycles. The Balaban J connectivity index is -0.000000545. The lowest BCUT2D eigenvalue weighted by Gasteiger charge is -2.56. The minimum absolute atomic E-state index is 0. The molecule has 9 rings (SSSR count). The summed E-state index contributed by atoms with van der Waals surface area (Å²) >= 11 is 0. The quantitative estimate of drug-likeness (QED) is 0.0512. The summed E-state index contributed by atoms with van der Waals surface area (Å²) in [7, 11) is 3.37. The van der Waals surface area contributed by atoms with Crippen LogP contribution >= 0.6 is 0 Å². The average molecular weight is 1280 g/mol. The van der Waals surface area contributed by atoms with Gasteiger partial charge in [-0.15, -0.1) is 0 Å². The molecular weight excluding hydrogens is 1130 g/mol. The molecule has 0 spiro atoms. The molecule has 0 radical (unpaired) electrons. The molecule has 0 heterocycles. The van der Waals surface area contributed by atoms with Gasteiger partial charge in [0.15, 0.2) is 48.7 Å². The van der Waals surface area contributed by atoms with E-state index in [0.717, 1.165) is 84.0 Å². The van der Waals surface area contributed by atoms with Crippen molar-refractivity contribution in [1.29, 1.82) is 0 Å². The molecule has 7 unspecified atom stereocenters. The SMILES string of the molecule is C.C.C.C.C.C.C.C.CCC(C)c1ccc(OC(C)OCCC2CCCCC2)c(C)c1.CCC(C)c1ccc(OCOC23CC4CC(CC(C4)C2)C3)c(OC)c1.CCOC(C)Oc1ccc(C(C)CC)cc1C.CCOC(C)Oc1ccc(C(C)CC)cc1OC. The number of methoxy groups -OCH3 is 2. The standard InChI is InChI=1S/C22H32O3.C21H34O2.C15H24O3.C15H24O2.8CH4/c1-4-15(2)19-5-6-20(21(10-19)23-3)24-14-25-22-11-16-7-17(12-22)9-18(8-16)13-22;1-5-16(2)20-11-12-21(17(3)15-20)23-18(4)22-14-13-19-9-7-6-8-10-19;1-6-11(3)13-8-9-14(15(10-13)16-5)18-12(4)17-7-2;1-6-11(3)14-8-9-15(12(4)10-14)17-13(5)16-7-2;;;;;;;;/h5-6,10,15-18H,4,7-9,11-14H2,1-3H3;11-12,15-16,18-19H,5-10,13-14H2,1-4H3;8-12H,6-7H2,1-5H3;8-11,13H,6-7H2,1-5H3;8*1H4. The lowest BCUT2D eigenvalue weighted by Crippen LogP contribution is -2.52. The molecule has 5 aliphatic carbocycles. The van der Waals surface area contributed by atoms with E-state index in [1.165, 1.54) is 117 Å². The van der Waals surface area contributed by atoms with Crippen molar-refractivity contribution < 1.29 is 47.4 Å². The Kier molecular flexibility index (Phi) is 49.3. The molecule has 0 aromatic heterocycles. The van der Waals surface area contributed by atoms with Gasteiger partial charge in [0.2, 0.25) is 0 Å². The predicted molar refractivity (Wildman–Crippen MR) is 395 cm³/mol. The van der Waals surface area contributed by atoms with Crippen molar-refractivity contribution in [2.75, 3.05) is 40.8 Å². The third kappa shape index (κ3) is 29.8. The highest BCUT2D eigenvalue weighted by Crippen LogP contribution is 2.57. The van der Waals surface area contributed by atoms with Crippen molar-refractivity contribution in [3.8, 4) is 34.5 Å². The van der Waals surface area contributed by atoms with E-state index in [9.17, 15) is 0 Å². The van der Waals surface area contributed by atoms with Gasteiger partial charge in [-0.2, -0.15) is 0 Å². The number of rotatable bonds is 28. The number of benzene rings is 4. The number of ether oxygens (including phenoxy) is 10. The Morgan fingerprint density at radius 2 is 0.758 bits per heavy atom. The summed E-state index contributed by atoms with van der Waals surface area (Å²) < 4.78 is 57.3. The first-order valence-corrected chi connectivity index (χ1v) is 32.6. The molecule has 4 aromatic carbocycles. The second kappa shape index (κ2) is 48.3. The average Bonchev–Trinajstić information content (AvgIpc) is 0.777. The maximum Gasteiger partial charge on any atom is 0.197 e. The molecule has 7 atom stereocenters. The molecule has 4 aromatic rings. The highest BCUT2D eigenvalue weighted by atomic mass is 16.7. The summed E-state index contributed by atoms with van der Waals surface area (Å²) in [5, 5.41) is 0. The van der Waals surface area contributed by atoms with Crippen LogP contribution in [0.15, 0.2) is 72.8 Å². The maximum atomic E-state index is 6.37. The molecule has 0 saturated heterocycles. The fraction of sp³-hybridized carbons (Fsp3) is 0.704. The smallest absolute Gasteiger partial charge is 0.197 e. The van der Waals surface area contributed by atoms with E-state index in [2.05, 4.69) is 118 Å². The first-order chi connectivity index (χ1) is 39.9. The summed E-state index contributed by atoms with van der Waals surface area (Å²) in [4.78, 5) is 0. The molecule has 5 saturated carbocycles. The minimum Gasteiger partial charge on any atom is -0.493 e. The second-order valence-electron chi connectivity index (χ2n) is 24.7. The van der Waals surface area contributed by atoms with Gasteiger partial charge in [0.25, 0.3) is 0 Å². The first kappa shape index (κ1) is 92.9. The Bertz CT molecular complexity index is 2410. The predicted octanol–water partition coefficient (Wildman–Crippen LogP) is 25.1. The molecule has 10 nitrogen and oxygen atoms in total. The van der Waals surface area contributed by atoms with Gasteiger partial charge in [0.05, 0.1) is 26.4 Å². The zero-order chi connectivity index (χ0) is 60.5. The molecule has 10 heteroatoms. The van der Waals surface area contributed by atoms with Crippen LogP contribution in [-0.4, -0.2) is 65.3 Å². The van der Waals surface area contributed by atoms with Gasteiger partial charge < -0.3 is 47.4 Å². The molecule has 91 heavy (non-hydrogen) atoms. The summed E-state index contributed by atoms with van der Waals surface area (Å²) in [5.41, 5.74) is 7.81. The van der Waals surface area contributed by atoms with Crippen LogP contribution in [0.1, 0.15) is 309 Å². The summed E-state index contributed by atoms with van der Waals surface area (Å²) in [6.45, 7) is 34.2. The molecule has 0 amide bonds. The lowest BCUT2D eigenvalue weighted by atomic mass is 9.54. The Labute approximate surface area is 564 Å². The normalized spacial score (nSPS) is 19.5. The van der Waals surface area contributed by atoms with E-state index in [-0.39, 0.29) is 83.9 Å². The van der Waals surface area contributed by atoms with E-state index >= 15 is 0 Å². The summed E-state index contributed by atoms with van der Waals surface area (Å²) in [5.74, 6) is 10.8. The molecular formula is C81H146O10. The summed E-state index contributed by atoms with van der Waals surface area (Å²) in [6, 6.07) is 25.3. The van der Waals surface area contributed by atoms with Crippen LogP contribution in [0.2, 0.25) is 0 Å². The zero-order valence-electron chi connectivity index (χ0n) is 55.0. The van der Waals surface area contributed by atoms with Gasteiger partial charge in [0, 0.05) is 13.2 Å². The highest BCUT2D eigenvalue weighted by Gasteiger charge is 2.52.